The Bertz CT molecular complexity index is 1040. The van der Waals surface area contributed by atoms with Gasteiger partial charge in [0.2, 0.25) is 0 Å². The van der Waals surface area contributed by atoms with Gasteiger partial charge in [-0.3, -0.25) is 0 Å². The van der Waals surface area contributed by atoms with E-state index in [1.807, 2.05) is 18.2 Å². The van der Waals surface area contributed by atoms with Gasteiger partial charge in [-0.1, -0.05) is 109 Å². The van der Waals surface area contributed by atoms with Crippen LogP contribution in [0.4, 0.5) is 0 Å². The average molecular weight is 431 g/mol. The van der Waals surface area contributed by atoms with E-state index in [0.717, 1.165) is 40.7 Å². The minimum atomic E-state index is -0.130. The Balaban J connectivity index is 1.41. The molecule has 4 rings (SSSR count). The second-order valence-corrected chi connectivity index (χ2v) is 8.38. The van der Waals surface area contributed by atoms with E-state index >= 15 is 0 Å². The van der Waals surface area contributed by atoms with E-state index in [-0.39, 0.29) is 10.8 Å². The van der Waals surface area contributed by atoms with Crippen molar-refractivity contribution < 1.29 is 0 Å². The Morgan fingerprint density at radius 2 is 1.17 bits per heavy atom. The van der Waals surface area contributed by atoms with Gasteiger partial charge in [-0.05, 0) is 46.2 Å². The van der Waals surface area contributed by atoms with Crippen molar-refractivity contribution in [3.8, 4) is 0 Å². The zero-order valence-electron chi connectivity index (χ0n) is 16.7. The fraction of sp³-hybridized carbons (Fsp3) is 0.143. The zero-order valence-corrected chi connectivity index (χ0v) is 18.2. The molecule has 2 unspecified atom stereocenters. The van der Waals surface area contributed by atoms with Crippen LogP contribution in [0.2, 0.25) is 0 Å². The first kappa shape index (κ1) is 20.7. The standard InChI is InChI=1S/C28H24Cl2/c29-27(23-7-3-1-4-8-23)25-17-13-21(14-18-25)11-12-22-15-19-26(20-16-22)28(30)24-9-5-2-6-10-24/h1-5,7-9,11-20,27-28H,6,10H2/b12-11+. The van der Waals surface area contributed by atoms with Gasteiger partial charge in [-0.2, -0.15) is 0 Å². The van der Waals surface area contributed by atoms with E-state index in [9.17, 15) is 0 Å². The lowest BCUT2D eigenvalue weighted by atomic mass is 9.96. The molecule has 0 saturated heterocycles. The largest absolute Gasteiger partial charge is 0.113 e. The number of alkyl halides is 2. The molecule has 3 aromatic rings. The molecule has 3 aromatic carbocycles. The predicted octanol–water partition coefficient (Wildman–Crippen LogP) is 8.74. The molecule has 0 spiro atoms. The first-order chi connectivity index (χ1) is 14.7. The summed E-state index contributed by atoms with van der Waals surface area (Å²) in [5.41, 5.74) is 6.95. The lowest BCUT2D eigenvalue weighted by Crippen LogP contribution is -1.97. The summed E-state index contributed by atoms with van der Waals surface area (Å²) < 4.78 is 0. The van der Waals surface area contributed by atoms with Crippen LogP contribution < -0.4 is 0 Å². The molecule has 0 aromatic heterocycles. The SMILES string of the molecule is ClC(C1=CC=CCC1)c1ccc(/C=C/c2ccc(C(Cl)c3ccccc3)cc2)cc1. The highest BCUT2D eigenvalue weighted by atomic mass is 35.5. The Labute approximate surface area is 189 Å². The molecule has 30 heavy (non-hydrogen) atoms. The highest BCUT2D eigenvalue weighted by molar-refractivity contribution is 6.23. The molecule has 1 aliphatic carbocycles. The van der Waals surface area contributed by atoms with E-state index < -0.39 is 0 Å². The Morgan fingerprint density at radius 3 is 1.70 bits per heavy atom. The fourth-order valence-corrected chi connectivity index (χ4v) is 4.22. The Hall–Kier alpha value is -2.54. The van der Waals surface area contributed by atoms with Gasteiger partial charge in [-0.15, -0.1) is 23.2 Å². The first-order valence-electron chi connectivity index (χ1n) is 10.3. The molecule has 0 N–H and O–H groups in total. The number of halogens is 2. The third kappa shape index (κ3) is 5.14. The average Bonchev–Trinajstić information content (AvgIpc) is 2.83. The van der Waals surface area contributed by atoms with E-state index in [1.165, 1.54) is 5.57 Å². The minimum Gasteiger partial charge on any atom is -0.113 e. The first-order valence-corrected chi connectivity index (χ1v) is 11.1. The lowest BCUT2D eigenvalue weighted by molar-refractivity contribution is 0.894. The Morgan fingerprint density at radius 1 is 0.633 bits per heavy atom. The number of allylic oxidation sites excluding steroid dienone is 4. The van der Waals surface area contributed by atoms with Crippen molar-refractivity contribution in [1.29, 1.82) is 0 Å². The van der Waals surface area contributed by atoms with Crippen LogP contribution in [0.25, 0.3) is 12.2 Å². The van der Waals surface area contributed by atoms with Crippen molar-refractivity contribution in [3.63, 3.8) is 0 Å². The van der Waals surface area contributed by atoms with Crippen LogP contribution in [0.3, 0.4) is 0 Å². The van der Waals surface area contributed by atoms with Gasteiger partial charge in [0.15, 0.2) is 0 Å². The molecule has 0 amide bonds. The summed E-state index contributed by atoms with van der Waals surface area (Å²) in [6.07, 6.45) is 12.8. The zero-order chi connectivity index (χ0) is 20.8. The highest BCUT2D eigenvalue weighted by Crippen LogP contribution is 2.33. The summed E-state index contributed by atoms with van der Waals surface area (Å²) in [6.45, 7) is 0. The quantitative estimate of drug-likeness (QED) is 0.270. The molecule has 1 aliphatic rings. The summed E-state index contributed by atoms with van der Waals surface area (Å²) in [4.78, 5) is 0. The van der Waals surface area contributed by atoms with Crippen molar-refractivity contribution in [1.82, 2.24) is 0 Å². The van der Waals surface area contributed by atoms with Gasteiger partial charge in [0.05, 0.1) is 10.8 Å². The van der Waals surface area contributed by atoms with Crippen molar-refractivity contribution in [2.75, 3.05) is 0 Å². The minimum absolute atomic E-state index is 0.0476. The second kappa shape index (κ2) is 9.98. The van der Waals surface area contributed by atoms with Crippen LogP contribution in [-0.2, 0) is 0 Å². The maximum Gasteiger partial charge on any atom is 0.0835 e. The van der Waals surface area contributed by atoms with Crippen LogP contribution >= 0.6 is 23.2 Å². The van der Waals surface area contributed by atoms with Crippen molar-refractivity contribution in [3.05, 3.63) is 130 Å². The molecule has 2 heteroatoms. The number of hydrogen-bond donors (Lipinski definition) is 0. The molecule has 0 radical (unpaired) electrons. The molecule has 0 aliphatic heterocycles. The van der Waals surface area contributed by atoms with Gasteiger partial charge in [0, 0.05) is 0 Å². The molecule has 0 fully saturated rings. The predicted molar refractivity (Wildman–Crippen MR) is 131 cm³/mol. The van der Waals surface area contributed by atoms with Gasteiger partial charge in [-0.25, -0.2) is 0 Å². The topological polar surface area (TPSA) is 0 Å². The van der Waals surface area contributed by atoms with Gasteiger partial charge >= 0.3 is 0 Å². The lowest BCUT2D eigenvalue weighted by Gasteiger charge is -2.16. The van der Waals surface area contributed by atoms with Crippen LogP contribution in [0, 0.1) is 0 Å². The number of rotatable bonds is 6. The Kier molecular flexibility index (Phi) is 6.89. The van der Waals surface area contributed by atoms with Crippen LogP contribution in [0.1, 0.15) is 51.4 Å². The third-order valence-corrected chi connectivity index (χ3v) is 6.43. The maximum atomic E-state index is 6.66. The summed E-state index contributed by atoms with van der Waals surface area (Å²) in [5.74, 6) is 0. The van der Waals surface area contributed by atoms with Crippen molar-refractivity contribution in [2.45, 2.75) is 23.6 Å². The third-order valence-electron chi connectivity index (χ3n) is 5.39. The number of benzene rings is 3. The van der Waals surface area contributed by atoms with Gasteiger partial charge < -0.3 is 0 Å². The summed E-state index contributed by atoms with van der Waals surface area (Å²) in [7, 11) is 0. The van der Waals surface area contributed by atoms with Gasteiger partial charge in [0.25, 0.3) is 0 Å². The summed E-state index contributed by atoms with van der Waals surface area (Å²) in [6, 6.07) is 27.1. The smallest absolute Gasteiger partial charge is 0.0835 e. The number of hydrogen-bond acceptors (Lipinski definition) is 0. The highest BCUT2D eigenvalue weighted by Gasteiger charge is 2.14. The van der Waals surface area contributed by atoms with Crippen molar-refractivity contribution in [2.24, 2.45) is 0 Å². The normalized spacial score (nSPS) is 15.7. The summed E-state index contributed by atoms with van der Waals surface area (Å²) in [5, 5.41) is -0.177. The van der Waals surface area contributed by atoms with E-state index in [2.05, 4.69) is 91.0 Å². The molecule has 0 bridgehead atoms. The van der Waals surface area contributed by atoms with Crippen LogP contribution in [0.15, 0.2) is 103 Å². The molecular weight excluding hydrogens is 407 g/mol. The van der Waals surface area contributed by atoms with E-state index in [0.29, 0.717) is 0 Å². The molecule has 2 atom stereocenters. The van der Waals surface area contributed by atoms with Crippen LogP contribution in [-0.4, -0.2) is 0 Å². The molecule has 150 valence electrons. The second-order valence-electron chi connectivity index (χ2n) is 7.51. The molecule has 0 nitrogen and oxygen atoms in total. The molecule has 0 heterocycles. The van der Waals surface area contributed by atoms with Crippen molar-refractivity contribution >= 4 is 35.4 Å². The molecule has 0 saturated carbocycles. The maximum absolute atomic E-state index is 6.66. The van der Waals surface area contributed by atoms with Crippen LogP contribution in [0.5, 0.6) is 0 Å². The van der Waals surface area contributed by atoms with E-state index in [1.54, 1.807) is 0 Å². The van der Waals surface area contributed by atoms with Gasteiger partial charge in [0.1, 0.15) is 0 Å². The fourth-order valence-electron chi connectivity index (χ4n) is 3.61. The monoisotopic (exact) mass is 430 g/mol. The van der Waals surface area contributed by atoms with E-state index in [4.69, 9.17) is 23.2 Å². The summed E-state index contributed by atoms with van der Waals surface area (Å²) >= 11 is 13.3. The molecular formula is C28H24Cl2.